The highest BCUT2D eigenvalue weighted by atomic mass is 16.5. The van der Waals surface area contributed by atoms with Crippen molar-refractivity contribution in [1.82, 2.24) is 9.55 Å². The van der Waals surface area contributed by atoms with Gasteiger partial charge in [-0.15, -0.1) is 0 Å². The number of carbonyl (C=O) groups is 1. The number of hydrogen-bond donors (Lipinski definition) is 0. The van der Waals surface area contributed by atoms with Gasteiger partial charge in [-0.3, -0.25) is 9.36 Å². The summed E-state index contributed by atoms with van der Waals surface area (Å²) in [7, 11) is 5.99. The van der Waals surface area contributed by atoms with E-state index in [0.717, 1.165) is 11.1 Å². The summed E-state index contributed by atoms with van der Waals surface area (Å²) < 4.78 is 11.3. The van der Waals surface area contributed by atoms with Crippen molar-refractivity contribution in [2.45, 2.75) is 6.04 Å². The number of rotatable bonds is 6. The minimum absolute atomic E-state index is 0.146. The lowest BCUT2D eigenvalue weighted by Gasteiger charge is -2.31. The fourth-order valence-electron chi connectivity index (χ4n) is 3.33. The monoisotopic (exact) mass is 393 g/mol. The Kier molecular flexibility index (Phi) is 5.97. The molecule has 7 heteroatoms. The summed E-state index contributed by atoms with van der Waals surface area (Å²) in [5.41, 5.74) is 1.42. The van der Waals surface area contributed by atoms with Gasteiger partial charge in [0.25, 0.3) is 5.56 Å². The standard InChI is InChI=1S/C22H23N3O4/c1-24(18(15-11-7-5-8-12-15)16-13-9-6-10-14-16)22-23-17(21(27)29-4)19(28-3)20(26)25(22)2/h5-14,18H,1-4H3. The molecule has 0 bridgehead atoms. The number of benzene rings is 2. The van der Waals surface area contributed by atoms with Gasteiger partial charge in [0.15, 0.2) is 5.69 Å². The fraction of sp³-hybridized carbons (Fsp3) is 0.227. The van der Waals surface area contributed by atoms with Crippen molar-refractivity contribution in [3.63, 3.8) is 0 Å². The van der Waals surface area contributed by atoms with Crippen LogP contribution in [-0.2, 0) is 11.8 Å². The van der Waals surface area contributed by atoms with Crippen molar-refractivity contribution in [2.24, 2.45) is 7.05 Å². The first kappa shape index (κ1) is 20.1. The van der Waals surface area contributed by atoms with Gasteiger partial charge in [-0.25, -0.2) is 9.78 Å². The molecule has 0 aliphatic rings. The van der Waals surface area contributed by atoms with Gasteiger partial charge in [-0.05, 0) is 11.1 Å². The lowest BCUT2D eigenvalue weighted by Crippen LogP contribution is -2.34. The van der Waals surface area contributed by atoms with Crippen molar-refractivity contribution in [3.05, 3.63) is 87.8 Å². The Balaban J connectivity index is 2.21. The Morgan fingerprint density at radius 2 is 1.52 bits per heavy atom. The van der Waals surface area contributed by atoms with Gasteiger partial charge < -0.3 is 14.4 Å². The van der Waals surface area contributed by atoms with E-state index in [1.807, 2.05) is 72.6 Å². The molecular weight excluding hydrogens is 370 g/mol. The second-order valence-corrected chi connectivity index (χ2v) is 6.48. The molecule has 0 N–H and O–H groups in total. The van der Waals surface area contributed by atoms with E-state index in [2.05, 4.69) is 4.98 Å². The van der Waals surface area contributed by atoms with E-state index in [1.165, 1.54) is 18.8 Å². The lowest BCUT2D eigenvalue weighted by atomic mass is 9.98. The van der Waals surface area contributed by atoms with Crippen LogP contribution < -0.4 is 15.2 Å². The molecule has 0 aliphatic heterocycles. The number of esters is 1. The first-order chi connectivity index (χ1) is 14.0. The summed E-state index contributed by atoms with van der Waals surface area (Å²) >= 11 is 0. The molecule has 0 atom stereocenters. The number of aromatic nitrogens is 2. The quantitative estimate of drug-likeness (QED) is 0.600. The molecule has 0 saturated heterocycles. The first-order valence-electron chi connectivity index (χ1n) is 9.05. The molecule has 3 rings (SSSR count). The van der Waals surface area contributed by atoms with E-state index in [0.29, 0.717) is 5.95 Å². The average Bonchev–Trinajstić information content (AvgIpc) is 2.76. The smallest absolute Gasteiger partial charge is 0.360 e. The summed E-state index contributed by atoms with van der Waals surface area (Å²) in [4.78, 5) is 31.3. The van der Waals surface area contributed by atoms with Gasteiger partial charge in [0.1, 0.15) is 0 Å². The minimum atomic E-state index is -0.731. The topological polar surface area (TPSA) is 73.7 Å². The Morgan fingerprint density at radius 3 is 1.97 bits per heavy atom. The molecule has 0 aliphatic carbocycles. The van der Waals surface area contributed by atoms with Crippen LogP contribution in [-0.4, -0.2) is 36.8 Å². The third-order valence-electron chi connectivity index (χ3n) is 4.74. The lowest BCUT2D eigenvalue weighted by molar-refractivity contribution is 0.0589. The average molecular weight is 393 g/mol. The Labute approximate surface area is 169 Å². The third-order valence-corrected chi connectivity index (χ3v) is 4.74. The van der Waals surface area contributed by atoms with Crippen LogP contribution in [0.25, 0.3) is 0 Å². The largest absolute Gasteiger partial charge is 0.489 e. The summed E-state index contributed by atoms with van der Waals surface area (Å²) in [6.45, 7) is 0. The van der Waals surface area contributed by atoms with Gasteiger partial charge >= 0.3 is 5.97 Å². The van der Waals surface area contributed by atoms with Gasteiger partial charge in [-0.2, -0.15) is 0 Å². The molecule has 0 spiro atoms. The highest BCUT2D eigenvalue weighted by molar-refractivity contribution is 5.90. The number of anilines is 1. The summed E-state index contributed by atoms with van der Waals surface area (Å²) in [6, 6.07) is 19.5. The molecule has 3 aromatic rings. The van der Waals surface area contributed by atoms with Crippen molar-refractivity contribution in [1.29, 1.82) is 0 Å². The summed E-state index contributed by atoms with van der Waals surface area (Å²) in [5.74, 6) is -0.563. The summed E-state index contributed by atoms with van der Waals surface area (Å²) in [6.07, 6.45) is 0. The van der Waals surface area contributed by atoms with Crippen molar-refractivity contribution in [2.75, 3.05) is 26.2 Å². The van der Waals surface area contributed by atoms with Crippen LogP contribution in [0.1, 0.15) is 27.7 Å². The zero-order valence-corrected chi connectivity index (χ0v) is 16.8. The Bertz CT molecular complexity index is 1010. The van der Waals surface area contributed by atoms with Crippen molar-refractivity contribution in [3.8, 4) is 5.75 Å². The van der Waals surface area contributed by atoms with Gasteiger partial charge in [0.2, 0.25) is 11.7 Å². The highest BCUT2D eigenvalue weighted by Crippen LogP contribution is 2.31. The number of nitrogens with zero attached hydrogens (tertiary/aromatic N) is 3. The molecule has 29 heavy (non-hydrogen) atoms. The molecule has 1 aromatic heterocycles. The number of methoxy groups -OCH3 is 2. The van der Waals surface area contributed by atoms with Crippen LogP contribution in [0.2, 0.25) is 0 Å². The van der Waals surface area contributed by atoms with E-state index in [1.54, 1.807) is 7.05 Å². The number of carbonyl (C=O) groups excluding carboxylic acids is 1. The van der Waals surface area contributed by atoms with E-state index in [4.69, 9.17) is 9.47 Å². The number of hydrogen-bond acceptors (Lipinski definition) is 6. The molecule has 2 aromatic carbocycles. The van der Waals surface area contributed by atoms with Crippen LogP contribution in [0.3, 0.4) is 0 Å². The van der Waals surface area contributed by atoms with Crippen molar-refractivity contribution >= 4 is 11.9 Å². The summed E-state index contributed by atoms with van der Waals surface area (Å²) in [5, 5.41) is 0. The normalized spacial score (nSPS) is 10.7. The highest BCUT2D eigenvalue weighted by Gasteiger charge is 2.27. The third kappa shape index (κ3) is 3.85. The zero-order valence-electron chi connectivity index (χ0n) is 16.8. The van der Waals surface area contributed by atoms with Crippen LogP contribution in [0.5, 0.6) is 5.75 Å². The van der Waals surface area contributed by atoms with Crippen molar-refractivity contribution < 1.29 is 14.3 Å². The maximum atomic E-state index is 12.8. The SMILES string of the molecule is COC(=O)c1nc(N(C)C(c2ccccc2)c2ccccc2)n(C)c(=O)c1OC. The van der Waals surface area contributed by atoms with E-state index in [-0.39, 0.29) is 17.5 Å². The molecule has 0 fully saturated rings. The maximum Gasteiger partial charge on any atom is 0.360 e. The first-order valence-corrected chi connectivity index (χ1v) is 9.05. The van der Waals surface area contributed by atoms with Gasteiger partial charge in [0, 0.05) is 14.1 Å². The van der Waals surface area contributed by atoms with E-state index < -0.39 is 11.5 Å². The Hall–Kier alpha value is -3.61. The molecule has 0 amide bonds. The molecule has 0 radical (unpaired) electrons. The van der Waals surface area contributed by atoms with Crippen LogP contribution in [0.4, 0.5) is 5.95 Å². The van der Waals surface area contributed by atoms with Crippen LogP contribution in [0.15, 0.2) is 65.5 Å². The van der Waals surface area contributed by atoms with Crippen LogP contribution >= 0.6 is 0 Å². The van der Waals surface area contributed by atoms with Gasteiger partial charge in [0.05, 0.1) is 20.3 Å². The second-order valence-electron chi connectivity index (χ2n) is 6.48. The molecule has 0 unspecified atom stereocenters. The predicted octanol–water partition coefficient (Wildman–Crippen LogP) is 2.80. The molecular formula is C22H23N3O4. The fourth-order valence-corrected chi connectivity index (χ4v) is 3.33. The van der Waals surface area contributed by atoms with E-state index in [9.17, 15) is 9.59 Å². The molecule has 150 valence electrons. The zero-order chi connectivity index (χ0) is 21.0. The number of ether oxygens (including phenoxy) is 2. The molecule has 0 saturated carbocycles. The Morgan fingerprint density at radius 1 is 1.00 bits per heavy atom. The maximum absolute atomic E-state index is 12.8. The minimum Gasteiger partial charge on any atom is -0.489 e. The van der Waals surface area contributed by atoms with E-state index >= 15 is 0 Å². The molecule has 7 nitrogen and oxygen atoms in total. The van der Waals surface area contributed by atoms with Crippen LogP contribution in [0, 0.1) is 0 Å². The predicted molar refractivity (Wildman–Crippen MR) is 110 cm³/mol. The van der Waals surface area contributed by atoms with Gasteiger partial charge in [-0.1, -0.05) is 60.7 Å². The molecule has 1 heterocycles. The second kappa shape index (κ2) is 8.60.